The molecule has 1 aromatic carbocycles. The van der Waals surface area contributed by atoms with Gasteiger partial charge in [-0.15, -0.1) is 0 Å². The molecule has 1 amide bonds. The van der Waals surface area contributed by atoms with Crippen LogP contribution in [-0.2, 0) is 11.2 Å². The molecule has 3 rings (SSSR count). The average Bonchev–Trinajstić information content (AvgIpc) is 2.69. The highest BCUT2D eigenvalue weighted by molar-refractivity contribution is 6.30. The molecule has 1 aliphatic heterocycles. The molecule has 0 atom stereocenters. The number of hydrogen-bond acceptors (Lipinski definition) is 4. The minimum absolute atomic E-state index is 0.306. The quantitative estimate of drug-likeness (QED) is 0.624. The summed E-state index contributed by atoms with van der Waals surface area (Å²) in [4.78, 5) is 18.4. The van der Waals surface area contributed by atoms with Crippen LogP contribution in [0.3, 0.4) is 0 Å². The van der Waals surface area contributed by atoms with Crippen molar-refractivity contribution in [1.82, 2.24) is 9.88 Å². The molecule has 1 aliphatic rings. The summed E-state index contributed by atoms with van der Waals surface area (Å²) in [6.45, 7) is 6.92. The van der Waals surface area contributed by atoms with Crippen LogP contribution < -0.4 is 4.74 Å². The van der Waals surface area contributed by atoms with Gasteiger partial charge >= 0.3 is 6.09 Å². The lowest BCUT2D eigenvalue weighted by Crippen LogP contribution is -2.39. The third-order valence-electron chi connectivity index (χ3n) is 4.55. The van der Waals surface area contributed by atoms with Crippen molar-refractivity contribution in [1.29, 1.82) is 0 Å². The van der Waals surface area contributed by atoms with Gasteiger partial charge in [-0.2, -0.15) is 0 Å². The van der Waals surface area contributed by atoms with E-state index in [2.05, 4.69) is 4.98 Å². The molecule has 1 aromatic heterocycles. The average molecular weight is 433 g/mol. The summed E-state index contributed by atoms with van der Waals surface area (Å²) in [6.07, 6.45) is 2.79. The molecule has 0 saturated carbocycles. The molecule has 2 heterocycles. The van der Waals surface area contributed by atoms with E-state index in [1.54, 1.807) is 23.1 Å². The van der Waals surface area contributed by atoms with Crippen molar-refractivity contribution in [3.63, 3.8) is 0 Å². The maximum atomic E-state index is 13.9. The number of ether oxygens (including phenoxy) is 2. The van der Waals surface area contributed by atoms with E-state index in [0.717, 1.165) is 11.3 Å². The minimum atomic E-state index is -0.511. The molecule has 0 unspecified atom stereocenters. The first-order valence-electron chi connectivity index (χ1n) is 9.92. The molecule has 30 heavy (non-hydrogen) atoms. The van der Waals surface area contributed by atoms with Gasteiger partial charge in [0.15, 0.2) is 0 Å². The first-order valence-corrected chi connectivity index (χ1v) is 10.3. The smallest absolute Gasteiger partial charge is 0.410 e. The SMILES string of the molecule is CC(C)(C)OC(=O)N1CC=C(c2cccc(OCCc3ccc(Cl)cc3F)n2)CC1. The molecule has 0 fully saturated rings. The van der Waals surface area contributed by atoms with E-state index in [1.807, 2.05) is 39.0 Å². The zero-order valence-corrected chi connectivity index (χ0v) is 18.2. The summed E-state index contributed by atoms with van der Waals surface area (Å²) in [5.74, 6) is 0.145. The summed E-state index contributed by atoms with van der Waals surface area (Å²) in [5.41, 5.74) is 1.91. The number of halogens is 2. The Labute approximate surface area is 181 Å². The summed E-state index contributed by atoms with van der Waals surface area (Å²) in [7, 11) is 0. The van der Waals surface area contributed by atoms with Gasteiger partial charge in [0.05, 0.1) is 12.3 Å². The Bertz CT molecular complexity index is 940. The third-order valence-corrected chi connectivity index (χ3v) is 4.78. The van der Waals surface area contributed by atoms with Gasteiger partial charge in [-0.05, 0) is 56.5 Å². The van der Waals surface area contributed by atoms with Crippen LogP contribution in [0, 0.1) is 5.82 Å². The van der Waals surface area contributed by atoms with Gasteiger partial charge in [0.1, 0.15) is 11.4 Å². The predicted octanol–water partition coefficient (Wildman–Crippen LogP) is 5.52. The lowest BCUT2D eigenvalue weighted by molar-refractivity contribution is 0.0270. The lowest BCUT2D eigenvalue weighted by atomic mass is 10.0. The topological polar surface area (TPSA) is 51.7 Å². The number of amides is 1. The van der Waals surface area contributed by atoms with Crippen molar-refractivity contribution in [2.75, 3.05) is 19.7 Å². The molecule has 0 aliphatic carbocycles. The van der Waals surface area contributed by atoms with E-state index in [9.17, 15) is 9.18 Å². The van der Waals surface area contributed by atoms with E-state index in [1.165, 1.54) is 6.07 Å². The molecule has 5 nitrogen and oxygen atoms in total. The monoisotopic (exact) mass is 432 g/mol. The third kappa shape index (κ3) is 6.20. The van der Waals surface area contributed by atoms with Crippen molar-refractivity contribution < 1.29 is 18.7 Å². The second-order valence-corrected chi connectivity index (χ2v) is 8.54. The fraction of sp³-hybridized carbons (Fsp3) is 0.391. The molecule has 0 spiro atoms. The molecule has 7 heteroatoms. The van der Waals surface area contributed by atoms with Gasteiger partial charge in [-0.3, -0.25) is 0 Å². The molecule has 160 valence electrons. The van der Waals surface area contributed by atoms with Crippen LogP contribution in [-0.4, -0.2) is 41.3 Å². The Morgan fingerprint density at radius 1 is 1.27 bits per heavy atom. The number of aromatic nitrogens is 1. The Balaban J connectivity index is 1.57. The van der Waals surface area contributed by atoms with Crippen LogP contribution >= 0.6 is 11.6 Å². The summed E-state index contributed by atoms with van der Waals surface area (Å²) >= 11 is 5.78. The number of pyridine rings is 1. The number of carbonyl (C=O) groups excluding carboxylic acids is 1. The molecule has 2 aromatic rings. The Morgan fingerprint density at radius 3 is 2.73 bits per heavy atom. The van der Waals surface area contributed by atoms with Gasteiger partial charge in [-0.25, -0.2) is 14.2 Å². The van der Waals surface area contributed by atoms with Crippen molar-refractivity contribution >= 4 is 23.3 Å². The Kier molecular flexibility index (Phi) is 6.98. The van der Waals surface area contributed by atoms with Crippen LogP contribution in [0.2, 0.25) is 5.02 Å². The predicted molar refractivity (Wildman–Crippen MR) is 115 cm³/mol. The zero-order valence-electron chi connectivity index (χ0n) is 17.5. The maximum Gasteiger partial charge on any atom is 0.410 e. The zero-order chi connectivity index (χ0) is 21.7. The first-order chi connectivity index (χ1) is 14.2. The van der Waals surface area contributed by atoms with Gasteiger partial charge in [0.2, 0.25) is 5.88 Å². The normalized spacial score (nSPS) is 14.3. The lowest BCUT2D eigenvalue weighted by Gasteiger charge is -2.29. The number of carbonyl (C=O) groups is 1. The number of nitrogens with zero attached hydrogens (tertiary/aromatic N) is 2. The molecular weight excluding hydrogens is 407 g/mol. The fourth-order valence-electron chi connectivity index (χ4n) is 3.06. The van der Waals surface area contributed by atoms with E-state index in [0.29, 0.717) is 49.0 Å². The molecule has 0 N–H and O–H groups in total. The summed E-state index contributed by atoms with van der Waals surface area (Å²) in [5, 5.41) is 0.373. The highest BCUT2D eigenvalue weighted by Crippen LogP contribution is 2.24. The Morgan fingerprint density at radius 2 is 2.07 bits per heavy atom. The second-order valence-electron chi connectivity index (χ2n) is 8.10. The summed E-state index contributed by atoms with van der Waals surface area (Å²) < 4.78 is 25.0. The first kappa shape index (κ1) is 22.1. The standard InChI is InChI=1S/C23H26ClFN2O3/c1-23(2,3)30-22(28)27-12-9-17(10-13-27)20-5-4-6-21(26-20)29-14-11-16-7-8-18(24)15-19(16)25/h4-9,15H,10-14H2,1-3H3. The molecular formula is C23H26ClFN2O3. The van der Waals surface area contributed by atoms with Crippen LogP contribution in [0.5, 0.6) is 5.88 Å². The van der Waals surface area contributed by atoms with Crippen molar-refractivity contribution in [2.24, 2.45) is 0 Å². The van der Waals surface area contributed by atoms with Gasteiger partial charge in [0, 0.05) is 30.6 Å². The van der Waals surface area contributed by atoms with E-state index < -0.39 is 5.60 Å². The molecule has 0 saturated heterocycles. The molecule has 0 bridgehead atoms. The largest absolute Gasteiger partial charge is 0.477 e. The van der Waals surface area contributed by atoms with Crippen LogP contribution in [0.4, 0.5) is 9.18 Å². The highest BCUT2D eigenvalue weighted by atomic mass is 35.5. The fourth-order valence-corrected chi connectivity index (χ4v) is 3.22. The van der Waals surface area contributed by atoms with Crippen LogP contribution in [0.15, 0.2) is 42.5 Å². The van der Waals surface area contributed by atoms with Crippen LogP contribution in [0.1, 0.15) is 38.4 Å². The maximum absolute atomic E-state index is 13.9. The second kappa shape index (κ2) is 9.47. The van der Waals surface area contributed by atoms with Gasteiger partial charge in [0.25, 0.3) is 0 Å². The van der Waals surface area contributed by atoms with Crippen molar-refractivity contribution in [2.45, 2.75) is 39.2 Å². The summed E-state index contributed by atoms with van der Waals surface area (Å²) in [6, 6.07) is 10.2. The van der Waals surface area contributed by atoms with E-state index in [-0.39, 0.29) is 11.9 Å². The highest BCUT2D eigenvalue weighted by Gasteiger charge is 2.24. The van der Waals surface area contributed by atoms with Crippen molar-refractivity contribution in [3.05, 3.63) is 64.6 Å². The number of benzene rings is 1. The van der Waals surface area contributed by atoms with Gasteiger partial charge in [-0.1, -0.05) is 29.8 Å². The van der Waals surface area contributed by atoms with Crippen molar-refractivity contribution in [3.8, 4) is 5.88 Å². The number of rotatable bonds is 5. The van der Waals surface area contributed by atoms with E-state index >= 15 is 0 Å². The van der Waals surface area contributed by atoms with Gasteiger partial charge < -0.3 is 14.4 Å². The molecule has 0 radical (unpaired) electrons. The van der Waals surface area contributed by atoms with E-state index in [4.69, 9.17) is 21.1 Å². The Hall–Kier alpha value is -2.60. The van der Waals surface area contributed by atoms with Crippen LogP contribution in [0.25, 0.3) is 5.57 Å². The minimum Gasteiger partial charge on any atom is -0.477 e. The number of hydrogen-bond donors (Lipinski definition) is 0.